The summed E-state index contributed by atoms with van der Waals surface area (Å²) < 4.78 is 53.5. The molecule has 0 unspecified atom stereocenters. The molecule has 1 heterocycles. The zero-order chi connectivity index (χ0) is 20.5. The van der Waals surface area contributed by atoms with Gasteiger partial charge in [0.2, 0.25) is 0 Å². The number of halogens is 4. The highest BCUT2D eigenvalue weighted by Gasteiger charge is 2.30. The molecule has 0 saturated heterocycles. The van der Waals surface area contributed by atoms with Gasteiger partial charge in [-0.25, -0.2) is 9.07 Å². The van der Waals surface area contributed by atoms with E-state index in [-0.39, 0.29) is 11.3 Å². The molecule has 1 amide bonds. The van der Waals surface area contributed by atoms with Crippen LogP contribution in [0.1, 0.15) is 40.1 Å². The number of carbonyl (C=O) groups excluding carboxylic acids is 1. The first-order chi connectivity index (χ1) is 13.2. The monoisotopic (exact) mass is 391 g/mol. The van der Waals surface area contributed by atoms with E-state index in [0.29, 0.717) is 11.3 Å². The van der Waals surface area contributed by atoms with Gasteiger partial charge >= 0.3 is 6.18 Å². The number of aromatic nitrogens is 2. The van der Waals surface area contributed by atoms with Gasteiger partial charge in [-0.15, -0.1) is 0 Å². The standard InChI is InChI=1S/C20H17F4N3O/c1-12(26-19(28)14-5-3-7-16(21)9-14)18-11-25-27(13(18)2)17-8-4-6-15(10-17)20(22,23)24/h3-12H,1-2H3,(H,26,28)/t12-/m0/s1. The molecule has 0 aliphatic rings. The Kier molecular flexibility index (Phi) is 5.22. The lowest BCUT2D eigenvalue weighted by molar-refractivity contribution is -0.137. The number of amides is 1. The van der Waals surface area contributed by atoms with Gasteiger partial charge in [-0.1, -0.05) is 12.1 Å². The molecule has 0 aliphatic carbocycles. The van der Waals surface area contributed by atoms with Crippen molar-refractivity contribution in [1.29, 1.82) is 0 Å². The highest BCUT2D eigenvalue weighted by molar-refractivity contribution is 5.94. The predicted molar refractivity (Wildman–Crippen MR) is 95.6 cm³/mol. The van der Waals surface area contributed by atoms with Crippen molar-refractivity contribution < 1.29 is 22.4 Å². The maximum absolute atomic E-state index is 13.3. The van der Waals surface area contributed by atoms with Crippen molar-refractivity contribution in [2.75, 3.05) is 0 Å². The second-order valence-corrected chi connectivity index (χ2v) is 6.35. The average molecular weight is 391 g/mol. The zero-order valence-electron chi connectivity index (χ0n) is 15.1. The van der Waals surface area contributed by atoms with Crippen molar-refractivity contribution in [3.05, 3.63) is 82.9 Å². The summed E-state index contributed by atoms with van der Waals surface area (Å²) in [7, 11) is 0. The molecule has 0 saturated carbocycles. The molecule has 0 fully saturated rings. The van der Waals surface area contributed by atoms with Crippen molar-refractivity contribution in [2.45, 2.75) is 26.1 Å². The fraction of sp³-hybridized carbons (Fsp3) is 0.200. The summed E-state index contributed by atoms with van der Waals surface area (Å²) in [4.78, 5) is 12.3. The first-order valence-corrected chi connectivity index (χ1v) is 8.45. The quantitative estimate of drug-likeness (QED) is 0.648. The van der Waals surface area contributed by atoms with Gasteiger partial charge in [0.15, 0.2) is 0 Å². The molecule has 0 radical (unpaired) electrons. The minimum atomic E-state index is -4.45. The Morgan fingerprint density at radius 2 is 1.86 bits per heavy atom. The van der Waals surface area contributed by atoms with Gasteiger partial charge in [0.25, 0.3) is 5.91 Å². The summed E-state index contributed by atoms with van der Waals surface area (Å²) in [6.07, 6.45) is -2.96. The van der Waals surface area contributed by atoms with Crippen LogP contribution in [0.5, 0.6) is 0 Å². The van der Waals surface area contributed by atoms with Crippen molar-refractivity contribution >= 4 is 5.91 Å². The lowest BCUT2D eigenvalue weighted by Crippen LogP contribution is -2.27. The van der Waals surface area contributed by atoms with Crippen LogP contribution in [0.15, 0.2) is 54.7 Å². The predicted octanol–water partition coefficient (Wildman–Crippen LogP) is 4.83. The van der Waals surface area contributed by atoms with Crippen LogP contribution < -0.4 is 5.32 Å². The van der Waals surface area contributed by atoms with Gasteiger partial charge in [-0.05, 0) is 50.2 Å². The molecule has 4 nitrogen and oxygen atoms in total. The second-order valence-electron chi connectivity index (χ2n) is 6.35. The minimum Gasteiger partial charge on any atom is -0.345 e. The Morgan fingerprint density at radius 3 is 2.54 bits per heavy atom. The first kappa shape index (κ1) is 19.6. The molecule has 3 aromatic rings. The topological polar surface area (TPSA) is 46.9 Å². The number of alkyl halides is 3. The molecule has 1 N–H and O–H groups in total. The van der Waals surface area contributed by atoms with Crippen LogP contribution in [0.3, 0.4) is 0 Å². The van der Waals surface area contributed by atoms with Gasteiger partial charge in [-0.2, -0.15) is 18.3 Å². The SMILES string of the molecule is Cc1c([C@H](C)NC(=O)c2cccc(F)c2)cnn1-c1cccc(C(F)(F)F)c1. The third kappa shape index (κ3) is 4.05. The molecular formula is C20H17F4N3O. The molecule has 2 aromatic carbocycles. The van der Waals surface area contributed by atoms with Crippen LogP contribution in [0.2, 0.25) is 0 Å². The van der Waals surface area contributed by atoms with E-state index in [1.54, 1.807) is 13.8 Å². The van der Waals surface area contributed by atoms with E-state index < -0.39 is 29.5 Å². The van der Waals surface area contributed by atoms with E-state index >= 15 is 0 Å². The van der Waals surface area contributed by atoms with Crippen molar-refractivity contribution in [2.24, 2.45) is 0 Å². The van der Waals surface area contributed by atoms with Crippen LogP contribution in [-0.2, 0) is 6.18 Å². The van der Waals surface area contributed by atoms with Gasteiger partial charge in [0, 0.05) is 16.8 Å². The van der Waals surface area contributed by atoms with E-state index in [0.717, 1.165) is 18.2 Å². The highest BCUT2D eigenvalue weighted by Crippen LogP contribution is 2.31. The molecule has 1 atom stereocenters. The van der Waals surface area contributed by atoms with E-state index in [2.05, 4.69) is 10.4 Å². The Bertz CT molecular complexity index is 1010. The zero-order valence-corrected chi connectivity index (χ0v) is 15.1. The third-order valence-corrected chi connectivity index (χ3v) is 4.37. The van der Waals surface area contributed by atoms with Crippen molar-refractivity contribution in [3.8, 4) is 5.69 Å². The summed E-state index contributed by atoms with van der Waals surface area (Å²) >= 11 is 0. The number of nitrogens with one attached hydrogen (secondary N) is 1. The van der Waals surface area contributed by atoms with E-state index in [1.165, 1.54) is 41.2 Å². The highest BCUT2D eigenvalue weighted by atomic mass is 19.4. The molecular weight excluding hydrogens is 374 g/mol. The van der Waals surface area contributed by atoms with E-state index in [4.69, 9.17) is 0 Å². The maximum Gasteiger partial charge on any atom is 0.416 e. The summed E-state index contributed by atoms with van der Waals surface area (Å²) in [6, 6.07) is 9.66. The Hall–Kier alpha value is -3.16. The number of nitrogens with zero attached hydrogens (tertiary/aromatic N) is 2. The fourth-order valence-corrected chi connectivity index (χ4v) is 2.91. The third-order valence-electron chi connectivity index (χ3n) is 4.37. The fourth-order valence-electron chi connectivity index (χ4n) is 2.91. The second kappa shape index (κ2) is 7.46. The van der Waals surface area contributed by atoms with Crippen LogP contribution in [0.25, 0.3) is 5.69 Å². The molecule has 146 valence electrons. The molecule has 0 aliphatic heterocycles. The van der Waals surface area contributed by atoms with Crippen LogP contribution in [0.4, 0.5) is 17.6 Å². The van der Waals surface area contributed by atoms with Gasteiger partial charge in [0.1, 0.15) is 5.82 Å². The molecule has 28 heavy (non-hydrogen) atoms. The number of rotatable bonds is 4. The van der Waals surface area contributed by atoms with E-state index in [1.807, 2.05) is 0 Å². The number of hydrogen-bond acceptors (Lipinski definition) is 2. The van der Waals surface area contributed by atoms with Crippen molar-refractivity contribution in [3.63, 3.8) is 0 Å². The first-order valence-electron chi connectivity index (χ1n) is 8.45. The lowest BCUT2D eigenvalue weighted by Gasteiger charge is -2.15. The Morgan fingerprint density at radius 1 is 1.14 bits per heavy atom. The molecule has 8 heteroatoms. The number of hydrogen-bond donors (Lipinski definition) is 1. The van der Waals surface area contributed by atoms with Crippen LogP contribution >= 0.6 is 0 Å². The number of benzene rings is 2. The van der Waals surface area contributed by atoms with Gasteiger partial charge in [0.05, 0.1) is 23.5 Å². The molecule has 0 bridgehead atoms. The smallest absolute Gasteiger partial charge is 0.345 e. The van der Waals surface area contributed by atoms with Crippen LogP contribution in [0, 0.1) is 12.7 Å². The summed E-state index contributed by atoms with van der Waals surface area (Å²) in [5, 5.41) is 6.90. The molecule has 1 aromatic heterocycles. The minimum absolute atomic E-state index is 0.176. The van der Waals surface area contributed by atoms with Gasteiger partial charge < -0.3 is 5.32 Å². The average Bonchev–Trinajstić information content (AvgIpc) is 3.02. The molecule has 0 spiro atoms. The Labute approximate surface area is 158 Å². The summed E-state index contributed by atoms with van der Waals surface area (Å²) in [5.74, 6) is -0.980. The lowest BCUT2D eigenvalue weighted by atomic mass is 10.1. The maximum atomic E-state index is 13.3. The largest absolute Gasteiger partial charge is 0.416 e. The molecule has 3 rings (SSSR count). The van der Waals surface area contributed by atoms with Crippen LogP contribution in [-0.4, -0.2) is 15.7 Å². The summed E-state index contributed by atoms with van der Waals surface area (Å²) in [6.45, 7) is 3.42. The Balaban J connectivity index is 1.84. The van der Waals surface area contributed by atoms with Gasteiger partial charge in [-0.3, -0.25) is 4.79 Å². The number of carbonyl (C=O) groups is 1. The summed E-state index contributed by atoms with van der Waals surface area (Å²) in [5.41, 5.74) is 0.902. The van der Waals surface area contributed by atoms with E-state index in [9.17, 15) is 22.4 Å². The van der Waals surface area contributed by atoms with Crippen molar-refractivity contribution in [1.82, 2.24) is 15.1 Å². The normalized spacial score (nSPS) is 12.6.